The molecule has 2 aromatic heterocycles. The maximum Gasteiger partial charge on any atom is 0.328 e. The van der Waals surface area contributed by atoms with Gasteiger partial charge in [-0.2, -0.15) is 0 Å². The number of hydrogen-bond donors (Lipinski definition) is 3. The lowest BCUT2D eigenvalue weighted by molar-refractivity contribution is 0.246. The number of fused-ring (bicyclic) bond motifs is 1. The smallest absolute Gasteiger partial charge is 0.328 e. The summed E-state index contributed by atoms with van der Waals surface area (Å²) in [6, 6.07) is 15.4. The van der Waals surface area contributed by atoms with E-state index in [9.17, 15) is 13.2 Å². The van der Waals surface area contributed by atoms with Gasteiger partial charge in [-0.05, 0) is 72.7 Å². The molecule has 4 rings (SSSR count). The molecular formula is C29H36N6O3S. The summed E-state index contributed by atoms with van der Waals surface area (Å²) in [6.45, 7) is 11.2. The molecule has 4 N–H and O–H groups in total. The normalized spacial score (nSPS) is 12.1. The second kappa shape index (κ2) is 11.2. The molecule has 2 heterocycles. The standard InChI is InChI=1S/C29H36N6O3S/c1-19-16-20(2)32-27-26(19)33-25(17-29(3,4)5)35(27)23-10-6-21(7-11-23)14-15-31-28(36)34-39(37,38)24-12-8-22(18-30)9-13-24/h6-13,16H,14-15,17-18,30H2,1-5H3,(H2,31,34,36). The van der Waals surface area contributed by atoms with Gasteiger partial charge in [0.05, 0.1) is 4.90 Å². The SMILES string of the molecule is Cc1cc(C)c2nc(CC(C)(C)C)n(-c3ccc(CCNC(=O)NS(=O)(=O)c4ccc(CN)cc4)cc3)c2n1. The van der Waals surface area contributed by atoms with E-state index in [-0.39, 0.29) is 16.9 Å². The summed E-state index contributed by atoms with van der Waals surface area (Å²) in [5, 5.41) is 2.62. The molecule has 0 bridgehead atoms. The van der Waals surface area contributed by atoms with Gasteiger partial charge in [-0.25, -0.2) is 27.9 Å². The first-order valence-electron chi connectivity index (χ1n) is 12.9. The highest BCUT2D eigenvalue weighted by molar-refractivity contribution is 7.90. The molecule has 0 radical (unpaired) electrons. The lowest BCUT2D eigenvalue weighted by atomic mass is 9.92. The molecule has 9 nitrogen and oxygen atoms in total. The van der Waals surface area contributed by atoms with Crippen LogP contribution in [0.2, 0.25) is 0 Å². The summed E-state index contributed by atoms with van der Waals surface area (Å²) in [6.07, 6.45) is 1.33. The molecule has 0 aliphatic carbocycles. The van der Waals surface area contributed by atoms with Crippen molar-refractivity contribution >= 4 is 27.2 Å². The summed E-state index contributed by atoms with van der Waals surface area (Å²) in [5.74, 6) is 0.962. The molecule has 2 amide bonds. The fourth-order valence-corrected chi connectivity index (χ4v) is 5.35. The maximum atomic E-state index is 12.5. The number of aryl methyl sites for hydroxylation is 2. The molecule has 0 aliphatic rings. The van der Waals surface area contributed by atoms with Crippen LogP contribution in [0.4, 0.5) is 4.79 Å². The van der Waals surface area contributed by atoms with Crippen molar-refractivity contribution in [3.05, 3.63) is 82.8 Å². The fourth-order valence-electron chi connectivity index (χ4n) is 4.42. The van der Waals surface area contributed by atoms with Crippen molar-refractivity contribution in [3.63, 3.8) is 0 Å². The number of imidazole rings is 1. The largest absolute Gasteiger partial charge is 0.337 e. The molecule has 0 atom stereocenters. The van der Waals surface area contributed by atoms with Crippen molar-refractivity contribution in [2.45, 2.75) is 58.9 Å². The maximum absolute atomic E-state index is 12.5. The molecule has 4 aromatic rings. The van der Waals surface area contributed by atoms with E-state index in [2.05, 4.69) is 43.6 Å². The number of hydrogen-bond acceptors (Lipinski definition) is 6. The van der Waals surface area contributed by atoms with Gasteiger partial charge in [0.25, 0.3) is 10.0 Å². The Labute approximate surface area is 229 Å². The number of amides is 2. The molecule has 0 saturated carbocycles. The predicted octanol–water partition coefficient (Wildman–Crippen LogP) is 4.32. The van der Waals surface area contributed by atoms with Crippen LogP contribution in [0.25, 0.3) is 16.9 Å². The van der Waals surface area contributed by atoms with Crippen molar-refractivity contribution in [2.24, 2.45) is 11.1 Å². The Morgan fingerprint density at radius 2 is 1.62 bits per heavy atom. The molecule has 0 fully saturated rings. The minimum atomic E-state index is -3.97. The van der Waals surface area contributed by atoms with E-state index in [1.54, 1.807) is 12.1 Å². The fraction of sp³-hybridized carbons (Fsp3) is 0.345. The van der Waals surface area contributed by atoms with Gasteiger partial charge in [0, 0.05) is 30.9 Å². The Balaban J connectivity index is 1.44. The zero-order valence-corrected chi connectivity index (χ0v) is 23.9. The lowest BCUT2D eigenvalue weighted by Crippen LogP contribution is -2.40. The molecule has 206 valence electrons. The van der Waals surface area contributed by atoms with Gasteiger partial charge in [0.1, 0.15) is 11.3 Å². The van der Waals surface area contributed by atoms with Crippen LogP contribution < -0.4 is 15.8 Å². The van der Waals surface area contributed by atoms with Crippen molar-refractivity contribution in [1.82, 2.24) is 24.6 Å². The first-order chi connectivity index (χ1) is 18.4. The van der Waals surface area contributed by atoms with E-state index in [1.165, 1.54) is 12.1 Å². The Kier molecular flexibility index (Phi) is 8.08. The molecule has 39 heavy (non-hydrogen) atoms. The minimum Gasteiger partial charge on any atom is -0.337 e. The number of aromatic nitrogens is 3. The lowest BCUT2D eigenvalue weighted by Gasteiger charge is -2.19. The number of rotatable bonds is 8. The van der Waals surface area contributed by atoms with Crippen LogP contribution >= 0.6 is 0 Å². The zero-order chi connectivity index (χ0) is 28.4. The van der Waals surface area contributed by atoms with Gasteiger partial charge in [-0.15, -0.1) is 0 Å². The van der Waals surface area contributed by atoms with Crippen molar-refractivity contribution in [2.75, 3.05) is 6.54 Å². The van der Waals surface area contributed by atoms with Crippen molar-refractivity contribution in [1.29, 1.82) is 0 Å². The minimum absolute atomic E-state index is 0.00294. The van der Waals surface area contributed by atoms with E-state index in [0.29, 0.717) is 13.0 Å². The number of carbonyl (C=O) groups excluding carboxylic acids is 1. The van der Waals surface area contributed by atoms with E-state index in [0.717, 1.165) is 51.5 Å². The number of nitrogens with zero attached hydrogens (tertiary/aromatic N) is 3. The second-order valence-corrected chi connectivity index (χ2v) is 12.7. The van der Waals surface area contributed by atoms with E-state index in [4.69, 9.17) is 15.7 Å². The Bertz CT molecular complexity index is 1590. The van der Waals surface area contributed by atoms with Crippen LogP contribution in [-0.4, -0.2) is 35.5 Å². The quantitative estimate of drug-likeness (QED) is 0.301. The van der Waals surface area contributed by atoms with E-state index < -0.39 is 16.1 Å². The number of sulfonamides is 1. The first kappa shape index (κ1) is 28.3. The summed E-state index contributed by atoms with van der Waals surface area (Å²) >= 11 is 0. The Morgan fingerprint density at radius 3 is 2.23 bits per heavy atom. The highest BCUT2D eigenvalue weighted by Gasteiger charge is 2.21. The first-order valence-corrected chi connectivity index (χ1v) is 14.4. The third kappa shape index (κ3) is 6.82. The average molecular weight is 549 g/mol. The van der Waals surface area contributed by atoms with E-state index in [1.807, 2.05) is 35.9 Å². The number of carbonyl (C=O) groups is 1. The number of urea groups is 1. The molecule has 0 spiro atoms. The summed E-state index contributed by atoms with van der Waals surface area (Å²) in [7, 11) is -3.97. The van der Waals surface area contributed by atoms with Gasteiger partial charge < -0.3 is 11.1 Å². The van der Waals surface area contributed by atoms with Crippen LogP contribution in [-0.2, 0) is 29.4 Å². The van der Waals surface area contributed by atoms with Gasteiger partial charge in [0.2, 0.25) is 0 Å². The predicted molar refractivity (Wildman–Crippen MR) is 153 cm³/mol. The highest BCUT2D eigenvalue weighted by atomic mass is 32.2. The van der Waals surface area contributed by atoms with Crippen molar-refractivity contribution in [3.8, 4) is 5.69 Å². The van der Waals surface area contributed by atoms with Crippen molar-refractivity contribution < 1.29 is 13.2 Å². The van der Waals surface area contributed by atoms with Gasteiger partial charge in [-0.1, -0.05) is 45.0 Å². The molecule has 2 aromatic carbocycles. The van der Waals surface area contributed by atoms with E-state index >= 15 is 0 Å². The average Bonchev–Trinajstić information content (AvgIpc) is 3.20. The third-order valence-electron chi connectivity index (χ3n) is 6.28. The summed E-state index contributed by atoms with van der Waals surface area (Å²) in [4.78, 5) is 22.0. The molecule has 10 heteroatoms. The summed E-state index contributed by atoms with van der Waals surface area (Å²) in [5.41, 5.74) is 12.2. The molecule has 0 aliphatic heterocycles. The topological polar surface area (TPSA) is 132 Å². The van der Waals surface area contributed by atoms with Gasteiger partial charge in [0.15, 0.2) is 5.65 Å². The van der Waals surface area contributed by atoms with Crippen LogP contribution in [0.5, 0.6) is 0 Å². The number of nitrogens with one attached hydrogen (secondary N) is 2. The Hall–Kier alpha value is -3.76. The number of nitrogens with two attached hydrogens (primary N) is 1. The number of benzene rings is 2. The van der Waals surface area contributed by atoms with Crippen LogP contribution in [0.15, 0.2) is 59.5 Å². The monoisotopic (exact) mass is 548 g/mol. The second-order valence-electron chi connectivity index (χ2n) is 11.0. The number of pyridine rings is 1. The summed E-state index contributed by atoms with van der Waals surface area (Å²) < 4.78 is 29.1. The molecule has 0 saturated heterocycles. The van der Waals surface area contributed by atoms with Crippen LogP contribution in [0, 0.1) is 19.3 Å². The highest BCUT2D eigenvalue weighted by Crippen LogP contribution is 2.28. The third-order valence-corrected chi connectivity index (χ3v) is 7.63. The van der Waals surface area contributed by atoms with Crippen LogP contribution in [0.1, 0.15) is 49.0 Å². The Morgan fingerprint density at radius 1 is 0.974 bits per heavy atom. The van der Waals surface area contributed by atoms with Gasteiger partial charge in [-0.3, -0.25) is 4.57 Å². The molecule has 0 unspecified atom stereocenters. The molecular weight excluding hydrogens is 512 g/mol. The van der Waals surface area contributed by atoms with Crippen LogP contribution in [0.3, 0.4) is 0 Å². The zero-order valence-electron chi connectivity index (χ0n) is 23.1. The van der Waals surface area contributed by atoms with Gasteiger partial charge >= 0.3 is 6.03 Å².